The fraction of sp³-hybridized carbons (Fsp3) is 0.104. The summed E-state index contributed by atoms with van der Waals surface area (Å²) in [5, 5.41) is 59.0. The smallest absolute Gasteiger partial charge is 0.328 e. The second kappa shape index (κ2) is 30.1. The van der Waals surface area contributed by atoms with E-state index in [1.165, 1.54) is 52.3 Å². The Morgan fingerprint density at radius 1 is 0.495 bits per heavy atom. The van der Waals surface area contributed by atoms with Gasteiger partial charge < -0.3 is 54.5 Å². The number of phenols is 3. The van der Waals surface area contributed by atoms with Gasteiger partial charge in [0.1, 0.15) is 46.1 Å². The number of aryl methyl sites for hydroxylation is 1. The Balaban J connectivity index is 0.000000155. The molecule has 0 bridgehead atoms. The van der Waals surface area contributed by atoms with Crippen molar-refractivity contribution >= 4 is 106 Å². The summed E-state index contributed by atoms with van der Waals surface area (Å²) < 4.78 is 41.2. The Hall–Kier alpha value is -11.2. The van der Waals surface area contributed by atoms with Crippen molar-refractivity contribution in [3.63, 3.8) is 0 Å². The Morgan fingerprint density at radius 3 is 1.32 bits per heavy atom. The minimum Gasteiger partial charge on any atom is -0.508 e. The zero-order valence-corrected chi connectivity index (χ0v) is 54.7. The zero-order valence-electron chi connectivity index (χ0n) is 52.2. The Kier molecular flexibility index (Phi) is 21.1. The molecule has 0 saturated heterocycles. The topological polar surface area (TPSA) is 213 Å². The van der Waals surface area contributed by atoms with Crippen LogP contribution in [0.15, 0.2) is 206 Å². The quantitative estimate of drug-likeness (QED) is 0.0416. The number of benzene rings is 9. The number of fused-ring (bicyclic) bond motifs is 3. The highest BCUT2D eigenvalue weighted by atomic mass is 32.1. The maximum atomic E-state index is 13.9. The van der Waals surface area contributed by atoms with Gasteiger partial charge in [-0.2, -0.15) is 0 Å². The molecule has 0 radical (unpaired) electrons. The van der Waals surface area contributed by atoms with Crippen molar-refractivity contribution in [2.24, 2.45) is 0 Å². The number of ether oxygens (including phenoxy) is 4. The van der Waals surface area contributed by atoms with Crippen LogP contribution in [0, 0.1) is 12.7 Å². The molecular weight excluding hydrogens is 1260 g/mol. The number of nitrogens with zero attached hydrogens (tertiary/aromatic N) is 1. The van der Waals surface area contributed by atoms with Crippen LogP contribution in [-0.2, 0) is 14.4 Å². The van der Waals surface area contributed by atoms with E-state index in [1.807, 2.05) is 93.8 Å². The minimum atomic E-state index is -1.02. The van der Waals surface area contributed by atoms with E-state index in [-0.39, 0.29) is 17.2 Å². The van der Waals surface area contributed by atoms with E-state index in [2.05, 4.69) is 56.0 Å². The average molecular weight is 1330 g/mol. The molecule has 3 aromatic heterocycles. The molecule has 480 valence electrons. The summed E-state index contributed by atoms with van der Waals surface area (Å²) in [4.78, 5) is 37.0. The van der Waals surface area contributed by atoms with E-state index >= 15 is 0 Å². The van der Waals surface area contributed by atoms with Gasteiger partial charge in [-0.15, -0.1) is 34.0 Å². The highest BCUT2D eigenvalue weighted by molar-refractivity contribution is 7.23. The fourth-order valence-electron chi connectivity index (χ4n) is 10.3. The molecule has 0 amide bonds. The number of anilines is 1. The number of carbonyl (C=O) groups is 3. The standard InChI is InChI=1S/C27H24O4S.C25H19FO5S.C25H21NO4S/c1-16(2)21-6-4-5-17(3)25(21)27-26(22-13-10-19(28)15-23(22)32-27)31-20-11-7-18(8-12-20)9-14-24(29)30;1-2-30-21-13-16(26)6-10-19(21)25-24(20-11-7-17(27)14-22(20)32-25)31-18-8-3-15(4-9-18)5-12-23(28)29;1-26(2)21-6-4-3-5-19(21)25-24(20-13-10-17(27)15-22(20)31-25)30-18-11-7-16(8-12-18)9-14-23(28)29/h4-16,28H,1-3H3,(H,29,30);3-14,27H,2H2,1H3,(H,28,29);3-15,27H,1-2H3,(H,28,29)/b14-9+;12-5+;14-9+. The molecule has 0 aliphatic rings. The van der Waals surface area contributed by atoms with Crippen LogP contribution in [0.3, 0.4) is 0 Å². The third-order valence-corrected chi connectivity index (χ3v) is 18.2. The van der Waals surface area contributed by atoms with Gasteiger partial charge >= 0.3 is 17.9 Å². The summed E-state index contributed by atoms with van der Waals surface area (Å²) in [5.74, 6) is 1.82. The summed E-state index contributed by atoms with van der Waals surface area (Å²) in [6, 6.07) is 55.9. The molecule has 0 unspecified atom stereocenters. The Morgan fingerprint density at radius 2 is 0.905 bits per heavy atom. The van der Waals surface area contributed by atoms with Gasteiger partial charge in [0.2, 0.25) is 0 Å². The molecule has 0 fully saturated rings. The number of hydrogen-bond acceptors (Lipinski definition) is 14. The van der Waals surface area contributed by atoms with Crippen molar-refractivity contribution in [3.05, 3.63) is 240 Å². The van der Waals surface area contributed by atoms with Crippen molar-refractivity contribution in [1.29, 1.82) is 0 Å². The molecule has 18 heteroatoms. The summed E-state index contributed by atoms with van der Waals surface area (Å²) in [6.45, 7) is 8.68. The predicted octanol–water partition coefficient (Wildman–Crippen LogP) is 20.5. The molecule has 0 spiro atoms. The molecular formula is C77H64FNO13S3. The first-order valence-electron chi connectivity index (χ1n) is 29.8. The third-order valence-electron chi connectivity index (χ3n) is 14.7. The van der Waals surface area contributed by atoms with Crippen molar-refractivity contribution in [3.8, 4) is 88.8 Å². The monoisotopic (exact) mass is 1330 g/mol. The molecule has 3 heterocycles. The highest BCUT2D eigenvalue weighted by Crippen LogP contribution is 2.53. The van der Waals surface area contributed by atoms with E-state index in [4.69, 9.17) is 34.3 Å². The number of carboxylic acid groups (broad SMARTS) is 3. The van der Waals surface area contributed by atoms with E-state index in [0.717, 1.165) is 103 Å². The van der Waals surface area contributed by atoms with Gasteiger partial charge in [-0.05, 0) is 175 Å². The van der Waals surface area contributed by atoms with Crippen LogP contribution in [0.1, 0.15) is 54.5 Å². The van der Waals surface area contributed by atoms with Crippen LogP contribution in [0.4, 0.5) is 10.1 Å². The first kappa shape index (κ1) is 66.7. The van der Waals surface area contributed by atoms with Crippen molar-refractivity contribution < 1.29 is 68.4 Å². The molecule has 12 aromatic rings. The number of aliphatic carboxylic acids is 3. The minimum absolute atomic E-state index is 0.135. The lowest BCUT2D eigenvalue weighted by atomic mass is 9.92. The molecule has 9 aromatic carbocycles. The molecule has 0 aliphatic carbocycles. The molecule has 14 nitrogen and oxygen atoms in total. The van der Waals surface area contributed by atoms with E-state index in [0.29, 0.717) is 46.8 Å². The molecule has 95 heavy (non-hydrogen) atoms. The summed E-state index contributed by atoms with van der Waals surface area (Å²) in [7, 11) is 4.00. The maximum absolute atomic E-state index is 13.9. The number of aromatic hydroxyl groups is 3. The molecule has 12 rings (SSSR count). The molecule has 0 aliphatic heterocycles. The fourth-order valence-corrected chi connectivity index (χ4v) is 14.0. The number of carboxylic acids is 3. The number of thiophene rings is 3. The average Bonchev–Trinajstić information content (AvgIpc) is 1.67. The van der Waals surface area contributed by atoms with Crippen LogP contribution in [0.5, 0.6) is 57.5 Å². The molecule has 6 N–H and O–H groups in total. The van der Waals surface area contributed by atoms with E-state index < -0.39 is 23.7 Å². The number of para-hydroxylation sites is 1. The lowest BCUT2D eigenvalue weighted by molar-refractivity contribution is -0.132. The maximum Gasteiger partial charge on any atom is 0.328 e. The normalized spacial score (nSPS) is 11.3. The number of phenolic OH excluding ortho intramolecular Hbond substituents is 3. The Labute approximate surface area is 559 Å². The largest absolute Gasteiger partial charge is 0.508 e. The van der Waals surface area contributed by atoms with Gasteiger partial charge in [0, 0.05) is 91.0 Å². The second-order valence-corrected chi connectivity index (χ2v) is 25.2. The summed E-state index contributed by atoms with van der Waals surface area (Å²) >= 11 is 4.58. The third kappa shape index (κ3) is 16.4. The van der Waals surface area contributed by atoms with Gasteiger partial charge in [0.05, 0.1) is 21.2 Å². The van der Waals surface area contributed by atoms with Crippen LogP contribution in [0.25, 0.3) is 79.8 Å². The van der Waals surface area contributed by atoms with E-state index in [1.54, 1.807) is 102 Å². The Bertz CT molecular complexity index is 4870. The summed E-state index contributed by atoms with van der Waals surface area (Å²) in [6.07, 6.45) is 7.85. The molecule has 0 saturated carbocycles. The van der Waals surface area contributed by atoms with Crippen LogP contribution in [-0.4, -0.2) is 69.2 Å². The van der Waals surface area contributed by atoms with Crippen LogP contribution in [0.2, 0.25) is 0 Å². The first-order valence-corrected chi connectivity index (χ1v) is 32.3. The number of hydrogen-bond donors (Lipinski definition) is 6. The van der Waals surface area contributed by atoms with Gasteiger partial charge in [-0.3, -0.25) is 0 Å². The summed E-state index contributed by atoms with van der Waals surface area (Å²) in [5.41, 5.74) is 8.66. The molecule has 0 atom stereocenters. The number of rotatable bonds is 19. The van der Waals surface area contributed by atoms with Crippen molar-refractivity contribution in [2.75, 3.05) is 25.6 Å². The number of halogens is 1. The van der Waals surface area contributed by atoms with Gasteiger partial charge in [0.15, 0.2) is 17.2 Å². The van der Waals surface area contributed by atoms with Crippen LogP contribution >= 0.6 is 34.0 Å². The van der Waals surface area contributed by atoms with E-state index in [9.17, 15) is 34.1 Å². The second-order valence-electron chi connectivity index (χ2n) is 22.0. The lowest BCUT2D eigenvalue weighted by Gasteiger charge is -2.17. The van der Waals surface area contributed by atoms with Crippen molar-refractivity contribution in [2.45, 2.75) is 33.6 Å². The predicted molar refractivity (Wildman–Crippen MR) is 381 cm³/mol. The van der Waals surface area contributed by atoms with Crippen LogP contribution < -0.4 is 23.8 Å². The van der Waals surface area contributed by atoms with Gasteiger partial charge in [0.25, 0.3) is 0 Å². The highest BCUT2D eigenvalue weighted by Gasteiger charge is 2.24. The van der Waals surface area contributed by atoms with Crippen molar-refractivity contribution in [1.82, 2.24) is 0 Å². The lowest BCUT2D eigenvalue weighted by Crippen LogP contribution is -2.09. The SMILES string of the molecule is CCOc1cc(F)ccc1-c1sc2cc(O)ccc2c1Oc1ccc(/C=C/C(=O)O)cc1.CN(C)c1ccccc1-c1sc2cc(O)ccc2c1Oc1ccc(/C=C/C(=O)O)cc1.Cc1cccc(C(C)C)c1-c1sc2cc(O)ccc2c1Oc1ccc(/C=C/C(=O)O)cc1. The zero-order chi connectivity index (χ0) is 67.4. The van der Waals surface area contributed by atoms with Gasteiger partial charge in [-0.1, -0.05) is 86.6 Å². The first-order chi connectivity index (χ1) is 45.7. The van der Waals surface area contributed by atoms with Gasteiger partial charge in [-0.25, -0.2) is 18.8 Å².